The average molecular weight is 355 g/mol. The van der Waals surface area contributed by atoms with Crippen molar-refractivity contribution in [3.05, 3.63) is 46.6 Å². The molecule has 0 saturated carbocycles. The maximum Gasteiger partial charge on any atom is 0.253 e. The normalized spacial score (nSPS) is 13.8. The van der Waals surface area contributed by atoms with E-state index in [1.54, 1.807) is 0 Å². The van der Waals surface area contributed by atoms with E-state index in [1.165, 1.54) is 0 Å². The van der Waals surface area contributed by atoms with Crippen molar-refractivity contribution < 1.29 is 9.90 Å². The van der Waals surface area contributed by atoms with E-state index in [4.69, 9.17) is 10.8 Å². The molecule has 1 aromatic heterocycles. The van der Waals surface area contributed by atoms with Crippen LogP contribution in [-0.4, -0.2) is 52.1 Å². The molecule has 138 valence electrons. The summed E-state index contributed by atoms with van der Waals surface area (Å²) in [6.45, 7) is 3.94. The molecule has 0 unspecified atom stereocenters. The second-order valence-corrected chi connectivity index (χ2v) is 6.52. The van der Waals surface area contributed by atoms with Crippen molar-refractivity contribution in [2.75, 3.05) is 37.3 Å². The highest BCUT2D eigenvalue weighted by Crippen LogP contribution is 2.23. The van der Waals surface area contributed by atoms with Gasteiger partial charge in [0, 0.05) is 43.8 Å². The van der Waals surface area contributed by atoms with Gasteiger partial charge in [-0.15, -0.1) is 0 Å². The average Bonchev–Trinajstić information content (AvgIpc) is 2.84. The minimum atomic E-state index is 0.0391. The highest BCUT2D eigenvalue weighted by Gasteiger charge is 2.23. The fourth-order valence-electron chi connectivity index (χ4n) is 3.21. The standard InChI is InChI=1S/C19H25N5O2/c1-13-4-2-5-14(12-13)18(26)24-9-6-15-16(7-10-24)22-19(20)23-17(15)21-8-3-11-25/h2,4-5,12,25H,3,6-11H2,1H3,(H3,20,21,22,23). The number of nitrogens with one attached hydrogen (secondary N) is 1. The van der Waals surface area contributed by atoms with Gasteiger partial charge in [0.15, 0.2) is 0 Å². The first kappa shape index (κ1) is 18.1. The van der Waals surface area contributed by atoms with Gasteiger partial charge in [0.25, 0.3) is 5.91 Å². The molecule has 0 aliphatic carbocycles. The number of fused-ring (bicyclic) bond motifs is 1. The van der Waals surface area contributed by atoms with Gasteiger partial charge in [-0.3, -0.25) is 4.79 Å². The molecule has 1 aliphatic rings. The van der Waals surface area contributed by atoms with Crippen LogP contribution >= 0.6 is 0 Å². The highest BCUT2D eigenvalue weighted by molar-refractivity contribution is 5.94. The Morgan fingerprint density at radius 3 is 2.88 bits per heavy atom. The molecule has 7 heteroatoms. The zero-order valence-corrected chi connectivity index (χ0v) is 15.0. The summed E-state index contributed by atoms with van der Waals surface area (Å²) in [7, 11) is 0. The molecule has 0 fully saturated rings. The number of aliphatic hydroxyl groups excluding tert-OH is 1. The van der Waals surface area contributed by atoms with E-state index in [9.17, 15) is 4.79 Å². The number of nitrogens with two attached hydrogens (primary N) is 1. The Kier molecular flexibility index (Phi) is 5.68. The van der Waals surface area contributed by atoms with Crippen molar-refractivity contribution in [3.8, 4) is 0 Å². The number of hydrogen-bond donors (Lipinski definition) is 3. The van der Waals surface area contributed by atoms with Crippen LogP contribution in [0.5, 0.6) is 0 Å². The van der Waals surface area contributed by atoms with E-state index in [-0.39, 0.29) is 18.5 Å². The van der Waals surface area contributed by atoms with E-state index < -0.39 is 0 Å². The number of carbonyl (C=O) groups excluding carboxylic acids is 1. The van der Waals surface area contributed by atoms with Crippen molar-refractivity contribution in [2.24, 2.45) is 0 Å². The molecule has 0 bridgehead atoms. The maximum atomic E-state index is 12.8. The number of amides is 1. The number of benzene rings is 1. The second-order valence-electron chi connectivity index (χ2n) is 6.52. The minimum Gasteiger partial charge on any atom is -0.396 e. The van der Waals surface area contributed by atoms with Crippen LogP contribution in [0.4, 0.5) is 11.8 Å². The van der Waals surface area contributed by atoms with Gasteiger partial charge in [0.1, 0.15) is 5.82 Å². The molecule has 0 saturated heterocycles. The summed E-state index contributed by atoms with van der Waals surface area (Å²) in [5.41, 5.74) is 9.53. The van der Waals surface area contributed by atoms with Gasteiger partial charge in [-0.1, -0.05) is 17.7 Å². The minimum absolute atomic E-state index is 0.0391. The molecular formula is C19H25N5O2. The van der Waals surface area contributed by atoms with Crippen LogP contribution in [0.3, 0.4) is 0 Å². The molecule has 2 heterocycles. The Hall–Kier alpha value is -2.67. The van der Waals surface area contributed by atoms with Gasteiger partial charge < -0.3 is 21.1 Å². The van der Waals surface area contributed by atoms with Gasteiger partial charge in [-0.25, -0.2) is 4.98 Å². The topological polar surface area (TPSA) is 104 Å². The summed E-state index contributed by atoms with van der Waals surface area (Å²) in [6, 6.07) is 7.66. The predicted molar refractivity (Wildman–Crippen MR) is 101 cm³/mol. The van der Waals surface area contributed by atoms with Gasteiger partial charge in [0.05, 0.1) is 5.69 Å². The Morgan fingerprint density at radius 1 is 1.31 bits per heavy atom. The Bertz CT molecular complexity index is 793. The fraction of sp³-hybridized carbons (Fsp3) is 0.421. The molecule has 2 aromatic rings. The smallest absolute Gasteiger partial charge is 0.253 e. The Labute approximate surface area is 153 Å². The van der Waals surface area contributed by atoms with E-state index in [0.29, 0.717) is 50.3 Å². The number of anilines is 2. The molecule has 0 spiro atoms. The monoisotopic (exact) mass is 355 g/mol. The molecule has 1 amide bonds. The first-order valence-corrected chi connectivity index (χ1v) is 8.94. The Balaban J connectivity index is 1.78. The number of aryl methyl sites for hydroxylation is 1. The van der Waals surface area contributed by atoms with E-state index in [2.05, 4.69) is 15.3 Å². The third-order valence-electron chi connectivity index (χ3n) is 4.54. The van der Waals surface area contributed by atoms with E-state index in [0.717, 1.165) is 16.8 Å². The molecular weight excluding hydrogens is 330 g/mol. The van der Waals surface area contributed by atoms with Crippen molar-refractivity contribution in [1.29, 1.82) is 0 Å². The molecule has 7 nitrogen and oxygen atoms in total. The fourth-order valence-corrected chi connectivity index (χ4v) is 3.21. The first-order valence-electron chi connectivity index (χ1n) is 8.94. The number of nitrogens with zero attached hydrogens (tertiary/aromatic N) is 3. The van der Waals surface area contributed by atoms with Crippen molar-refractivity contribution >= 4 is 17.7 Å². The third kappa shape index (κ3) is 4.11. The molecule has 26 heavy (non-hydrogen) atoms. The molecule has 1 aliphatic heterocycles. The third-order valence-corrected chi connectivity index (χ3v) is 4.54. The second kappa shape index (κ2) is 8.14. The summed E-state index contributed by atoms with van der Waals surface area (Å²) < 4.78 is 0. The SMILES string of the molecule is Cc1cccc(C(=O)N2CCc3nc(N)nc(NCCCO)c3CC2)c1. The lowest BCUT2D eigenvalue weighted by Crippen LogP contribution is -2.33. The van der Waals surface area contributed by atoms with E-state index in [1.807, 2.05) is 36.1 Å². The van der Waals surface area contributed by atoms with E-state index >= 15 is 0 Å². The quantitative estimate of drug-likeness (QED) is 0.701. The predicted octanol–water partition coefficient (Wildman–Crippen LogP) is 1.40. The maximum absolute atomic E-state index is 12.8. The lowest BCUT2D eigenvalue weighted by atomic mass is 10.1. The number of hydrogen-bond acceptors (Lipinski definition) is 6. The zero-order valence-electron chi connectivity index (χ0n) is 15.0. The van der Waals surface area contributed by atoms with Crippen LogP contribution in [0.25, 0.3) is 0 Å². The zero-order chi connectivity index (χ0) is 18.5. The van der Waals surface area contributed by atoms with Gasteiger partial charge in [-0.05, 0) is 31.9 Å². The van der Waals surface area contributed by atoms with Gasteiger partial charge in [0.2, 0.25) is 5.95 Å². The summed E-state index contributed by atoms with van der Waals surface area (Å²) in [5, 5.41) is 12.2. The Morgan fingerprint density at radius 2 is 2.12 bits per heavy atom. The molecule has 1 aromatic carbocycles. The molecule has 4 N–H and O–H groups in total. The number of carbonyl (C=O) groups is 1. The lowest BCUT2D eigenvalue weighted by molar-refractivity contribution is 0.0763. The van der Waals surface area contributed by atoms with Crippen LogP contribution in [0.1, 0.15) is 33.6 Å². The lowest BCUT2D eigenvalue weighted by Gasteiger charge is -2.20. The molecule has 3 rings (SSSR count). The van der Waals surface area contributed by atoms with Crippen LogP contribution in [-0.2, 0) is 12.8 Å². The van der Waals surface area contributed by atoms with Crippen LogP contribution in [0.2, 0.25) is 0 Å². The van der Waals surface area contributed by atoms with Crippen LogP contribution < -0.4 is 11.1 Å². The van der Waals surface area contributed by atoms with Crippen LogP contribution in [0, 0.1) is 6.92 Å². The first-order chi connectivity index (χ1) is 12.6. The van der Waals surface area contributed by atoms with Crippen molar-refractivity contribution in [2.45, 2.75) is 26.2 Å². The summed E-state index contributed by atoms with van der Waals surface area (Å²) in [5.74, 6) is 0.983. The molecule has 0 radical (unpaired) electrons. The van der Waals surface area contributed by atoms with Crippen molar-refractivity contribution in [1.82, 2.24) is 14.9 Å². The number of nitrogen functional groups attached to an aromatic ring is 1. The van der Waals surface area contributed by atoms with Gasteiger partial charge in [-0.2, -0.15) is 4.98 Å². The largest absolute Gasteiger partial charge is 0.396 e. The highest BCUT2D eigenvalue weighted by atomic mass is 16.3. The summed E-state index contributed by atoms with van der Waals surface area (Å²) in [6.07, 6.45) is 1.96. The number of aromatic nitrogens is 2. The summed E-state index contributed by atoms with van der Waals surface area (Å²) >= 11 is 0. The number of rotatable bonds is 5. The van der Waals surface area contributed by atoms with Crippen molar-refractivity contribution in [3.63, 3.8) is 0 Å². The van der Waals surface area contributed by atoms with Gasteiger partial charge >= 0.3 is 0 Å². The number of aliphatic hydroxyl groups is 1. The molecule has 0 atom stereocenters. The van der Waals surface area contributed by atoms with Crippen LogP contribution in [0.15, 0.2) is 24.3 Å². The summed E-state index contributed by atoms with van der Waals surface area (Å²) in [4.78, 5) is 23.4.